The first-order chi connectivity index (χ1) is 19.2. The Morgan fingerprint density at radius 2 is 1.55 bits per heavy atom. The van der Waals surface area contributed by atoms with Crippen molar-refractivity contribution in [3.63, 3.8) is 0 Å². The summed E-state index contributed by atoms with van der Waals surface area (Å²) >= 11 is 5.93. The number of methoxy groups -OCH3 is 2. The molecule has 0 saturated carbocycles. The molecule has 9 heteroatoms. The number of nitriles is 1. The van der Waals surface area contributed by atoms with Crippen LogP contribution < -0.4 is 24.3 Å². The zero-order valence-electron chi connectivity index (χ0n) is 22.6. The lowest BCUT2D eigenvalue weighted by atomic mass is 10.1. The van der Waals surface area contributed by atoms with E-state index in [4.69, 9.17) is 30.5 Å². The molecule has 0 aromatic heterocycles. The molecule has 0 radical (unpaired) electrons. The van der Waals surface area contributed by atoms with E-state index in [9.17, 15) is 14.9 Å². The number of esters is 1. The van der Waals surface area contributed by atoms with Crippen LogP contribution in [0.5, 0.6) is 23.0 Å². The van der Waals surface area contributed by atoms with Crippen LogP contribution >= 0.6 is 11.6 Å². The van der Waals surface area contributed by atoms with Gasteiger partial charge in [-0.1, -0.05) is 35.9 Å². The number of hydrogen-bond donors (Lipinski definition) is 1. The van der Waals surface area contributed by atoms with Crippen molar-refractivity contribution >= 4 is 35.6 Å². The molecule has 0 atom stereocenters. The van der Waals surface area contributed by atoms with Crippen LogP contribution in [-0.4, -0.2) is 32.1 Å². The molecular weight excluding hydrogens is 532 g/mol. The van der Waals surface area contributed by atoms with E-state index in [0.29, 0.717) is 34.3 Å². The lowest BCUT2D eigenvalue weighted by Crippen LogP contribution is -2.30. The minimum Gasteiger partial charge on any atom is -0.493 e. The molecule has 3 aromatic carbocycles. The van der Waals surface area contributed by atoms with Crippen molar-refractivity contribution in [2.24, 2.45) is 0 Å². The van der Waals surface area contributed by atoms with Crippen LogP contribution in [0, 0.1) is 11.3 Å². The second-order valence-corrected chi connectivity index (χ2v) is 9.22. The summed E-state index contributed by atoms with van der Waals surface area (Å²) in [5, 5.41) is 12.7. The molecular formula is C31H29ClN2O6. The second kappa shape index (κ2) is 14.4. The Labute approximate surface area is 238 Å². The van der Waals surface area contributed by atoms with Crippen molar-refractivity contribution in [1.29, 1.82) is 5.26 Å². The van der Waals surface area contributed by atoms with Gasteiger partial charge in [0.05, 0.1) is 14.2 Å². The van der Waals surface area contributed by atoms with E-state index in [2.05, 4.69) is 5.32 Å². The van der Waals surface area contributed by atoms with Crippen LogP contribution in [0.1, 0.15) is 30.5 Å². The topological polar surface area (TPSA) is 107 Å². The van der Waals surface area contributed by atoms with Crippen LogP contribution in [0.4, 0.5) is 0 Å². The zero-order chi connectivity index (χ0) is 29.1. The van der Waals surface area contributed by atoms with Gasteiger partial charge in [0.1, 0.15) is 18.2 Å². The van der Waals surface area contributed by atoms with Gasteiger partial charge in [-0.3, -0.25) is 4.79 Å². The van der Waals surface area contributed by atoms with Crippen LogP contribution in [0.15, 0.2) is 72.3 Å². The third-order valence-electron chi connectivity index (χ3n) is 5.40. The highest BCUT2D eigenvalue weighted by molar-refractivity contribution is 6.30. The smallest absolute Gasteiger partial charge is 0.336 e. The van der Waals surface area contributed by atoms with Crippen molar-refractivity contribution in [2.75, 3.05) is 14.2 Å². The second-order valence-electron chi connectivity index (χ2n) is 8.79. The summed E-state index contributed by atoms with van der Waals surface area (Å²) in [5.74, 6) is 0.405. The summed E-state index contributed by atoms with van der Waals surface area (Å²) < 4.78 is 22.1. The SMILES string of the molecule is COc1cc(/C=C/C(=O)Oc2ccc(/C=C(\C#N)C(=O)NC(C)C)cc2OC)ccc1OCc1ccc(Cl)cc1. The molecule has 0 heterocycles. The highest BCUT2D eigenvalue weighted by Crippen LogP contribution is 2.31. The quantitative estimate of drug-likeness (QED) is 0.133. The predicted octanol–water partition coefficient (Wildman–Crippen LogP) is 5.99. The molecule has 0 aliphatic rings. The van der Waals surface area contributed by atoms with Crippen molar-refractivity contribution in [3.8, 4) is 29.1 Å². The summed E-state index contributed by atoms with van der Waals surface area (Å²) in [6.07, 6.45) is 4.30. The first-order valence-corrected chi connectivity index (χ1v) is 12.7. The number of nitrogens with zero attached hydrogens (tertiary/aromatic N) is 1. The Morgan fingerprint density at radius 3 is 2.20 bits per heavy atom. The molecule has 0 aliphatic carbocycles. The Hall–Kier alpha value is -4.74. The number of rotatable bonds is 11. The molecule has 40 heavy (non-hydrogen) atoms. The molecule has 0 spiro atoms. The Morgan fingerprint density at radius 1 is 0.925 bits per heavy atom. The standard InChI is InChI=1S/C31H29ClN2O6/c1-20(2)34-31(36)24(18-33)15-23-8-13-27(29(17-23)38-4)40-30(35)14-9-21-7-12-26(28(16-21)37-3)39-19-22-5-10-25(32)11-6-22/h5-17,20H,19H2,1-4H3,(H,34,36)/b14-9+,24-15+. The first-order valence-electron chi connectivity index (χ1n) is 12.3. The van der Waals surface area contributed by atoms with E-state index >= 15 is 0 Å². The molecule has 0 bridgehead atoms. The summed E-state index contributed by atoms with van der Waals surface area (Å²) in [4.78, 5) is 24.7. The van der Waals surface area contributed by atoms with Crippen molar-refractivity contribution in [2.45, 2.75) is 26.5 Å². The van der Waals surface area contributed by atoms with Gasteiger partial charge < -0.3 is 24.3 Å². The normalized spacial score (nSPS) is 11.2. The number of amides is 1. The largest absolute Gasteiger partial charge is 0.493 e. The molecule has 3 rings (SSSR count). The molecule has 1 amide bonds. The maximum Gasteiger partial charge on any atom is 0.336 e. The van der Waals surface area contributed by atoms with Gasteiger partial charge in [-0.15, -0.1) is 0 Å². The lowest BCUT2D eigenvalue weighted by molar-refractivity contribution is -0.129. The molecule has 206 valence electrons. The number of nitrogens with one attached hydrogen (secondary N) is 1. The number of halogens is 1. The van der Waals surface area contributed by atoms with E-state index in [1.165, 1.54) is 32.4 Å². The van der Waals surface area contributed by atoms with Gasteiger partial charge in [-0.05, 0) is 79.1 Å². The van der Waals surface area contributed by atoms with Crippen molar-refractivity contribution in [1.82, 2.24) is 5.32 Å². The van der Waals surface area contributed by atoms with E-state index in [1.807, 2.05) is 18.2 Å². The third kappa shape index (κ3) is 8.65. The fraction of sp³-hybridized carbons (Fsp3) is 0.194. The Kier molecular flexibility index (Phi) is 10.7. The highest BCUT2D eigenvalue weighted by atomic mass is 35.5. The fourth-order valence-corrected chi connectivity index (χ4v) is 3.59. The van der Waals surface area contributed by atoms with Gasteiger partial charge >= 0.3 is 5.97 Å². The number of hydrogen-bond acceptors (Lipinski definition) is 7. The minimum absolute atomic E-state index is 0.0553. The van der Waals surface area contributed by atoms with Crippen LogP contribution in [0.25, 0.3) is 12.2 Å². The summed E-state index contributed by atoms with van der Waals surface area (Å²) in [5.41, 5.74) is 2.14. The fourth-order valence-electron chi connectivity index (χ4n) is 3.47. The molecule has 3 aromatic rings. The zero-order valence-corrected chi connectivity index (χ0v) is 23.3. The predicted molar refractivity (Wildman–Crippen MR) is 153 cm³/mol. The van der Waals surface area contributed by atoms with E-state index in [0.717, 1.165) is 5.56 Å². The average molecular weight is 561 g/mol. The highest BCUT2D eigenvalue weighted by Gasteiger charge is 2.13. The number of carbonyl (C=O) groups excluding carboxylic acids is 2. The number of benzene rings is 3. The Bertz CT molecular complexity index is 1460. The van der Waals surface area contributed by atoms with Crippen molar-refractivity contribution in [3.05, 3.63) is 94.0 Å². The molecule has 0 saturated heterocycles. The maximum atomic E-state index is 12.5. The molecule has 0 fully saturated rings. The molecule has 0 aliphatic heterocycles. The third-order valence-corrected chi connectivity index (χ3v) is 5.65. The van der Waals surface area contributed by atoms with Gasteiger partial charge in [0.2, 0.25) is 0 Å². The van der Waals surface area contributed by atoms with E-state index in [1.54, 1.807) is 62.4 Å². The molecule has 8 nitrogen and oxygen atoms in total. The molecule has 1 N–H and O–H groups in total. The number of ether oxygens (including phenoxy) is 4. The van der Waals surface area contributed by atoms with Crippen LogP contribution in [0.2, 0.25) is 5.02 Å². The van der Waals surface area contributed by atoms with Crippen LogP contribution in [0.3, 0.4) is 0 Å². The summed E-state index contributed by atoms with van der Waals surface area (Å²) in [7, 11) is 2.96. The van der Waals surface area contributed by atoms with Gasteiger partial charge in [-0.2, -0.15) is 5.26 Å². The summed E-state index contributed by atoms with van der Waals surface area (Å²) in [6.45, 7) is 3.95. The summed E-state index contributed by atoms with van der Waals surface area (Å²) in [6, 6.07) is 19.1. The first kappa shape index (κ1) is 29.8. The van der Waals surface area contributed by atoms with E-state index in [-0.39, 0.29) is 23.1 Å². The van der Waals surface area contributed by atoms with Gasteiger partial charge in [0.25, 0.3) is 5.91 Å². The number of carbonyl (C=O) groups is 2. The average Bonchev–Trinajstić information content (AvgIpc) is 2.94. The van der Waals surface area contributed by atoms with E-state index < -0.39 is 11.9 Å². The van der Waals surface area contributed by atoms with Gasteiger partial charge in [0.15, 0.2) is 23.0 Å². The van der Waals surface area contributed by atoms with Crippen LogP contribution in [-0.2, 0) is 16.2 Å². The molecule has 0 unspecified atom stereocenters. The maximum absolute atomic E-state index is 12.5. The lowest BCUT2D eigenvalue weighted by Gasteiger charge is -2.11. The monoisotopic (exact) mass is 560 g/mol. The van der Waals surface area contributed by atoms with Gasteiger partial charge in [-0.25, -0.2) is 4.79 Å². The van der Waals surface area contributed by atoms with Crippen molar-refractivity contribution < 1.29 is 28.5 Å². The van der Waals surface area contributed by atoms with Gasteiger partial charge in [0, 0.05) is 17.1 Å². The Balaban J connectivity index is 1.67. The minimum atomic E-state index is -0.627.